The first kappa shape index (κ1) is 18.7. The van der Waals surface area contributed by atoms with Crippen LogP contribution in [0, 0.1) is 13.8 Å². The molecular formula is C19H25N3O3. The Kier molecular flexibility index (Phi) is 5.96. The van der Waals surface area contributed by atoms with Crippen molar-refractivity contribution in [3.05, 3.63) is 47.3 Å². The predicted molar refractivity (Wildman–Crippen MR) is 96.3 cm³/mol. The molecule has 0 saturated heterocycles. The van der Waals surface area contributed by atoms with Crippen molar-refractivity contribution in [2.24, 2.45) is 7.05 Å². The molecule has 6 heteroatoms. The molecular weight excluding hydrogens is 318 g/mol. The fourth-order valence-corrected chi connectivity index (χ4v) is 2.63. The zero-order valence-corrected chi connectivity index (χ0v) is 15.4. The highest BCUT2D eigenvalue weighted by Crippen LogP contribution is 2.21. The molecule has 1 heterocycles. The third-order valence-electron chi connectivity index (χ3n) is 4.28. The van der Waals surface area contributed by atoms with Crippen LogP contribution in [0.2, 0.25) is 0 Å². The topological polar surface area (TPSA) is 73.2 Å². The maximum atomic E-state index is 12.3. The van der Waals surface area contributed by atoms with Crippen molar-refractivity contribution in [2.45, 2.75) is 46.1 Å². The van der Waals surface area contributed by atoms with Gasteiger partial charge in [0.2, 0.25) is 0 Å². The number of esters is 1. The van der Waals surface area contributed by atoms with Gasteiger partial charge in [0.15, 0.2) is 6.10 Å². The number of aromatic nitrogens is 2. The summed E-state index contributed by atoms with van der Waals surface area (Å²) in [6, 6.07) is 9.76. The van der Waals surface area contributed by atoms with Gasteiger partial charge in [0.1, 0.15) is 0 Å². The molecule has 2 rings (SSSR count). The lowest BCUT2D eigenvalue weighted by Gasteiger charge is -2.16. The summed E-state index contributed by atoms with van der Waals surface area (Å²) in [5, 5.41) is 7.04. The van der Waals surface area contributed by atoms with Crippen molar-refractivity contribution >= 4 is 17.6 Å². The molecule has 2 atom stereocenters. The second-order valence-corrected chi connectivity index (χ2v) is 6.31. The minimum absolute atomic E-state index is 0.0340. The van der Waals surface area contributed by atoms with E-state index in [1.165, 1.54) is 0 Å². The first-order valence-electron chi connectivity index (χ1n) is 8.35. The highest BCUT2D eigenvalue weighted by molar-refractivity contribution is 5.96. The summed E-state index contributed by atoms with van der Waals surface area (Å²) in [5.74, 6) is -0.717. The van der Waals surface area contributed by atoms with Crippen molar-refractivity contribution in [1.82, 2.24) is 9.78 Å². The molecule has 0 spiro atoms. The van der Waals surface area contributed by atoms with E-state index >= 15 is 0 Å². The number of nitrogens with one attached hydrogen (secondary N) is 1. The van der Waals surface area contributed by atoms with Crippen molar-refractivity contribution in [3.63, 3.8) is 0 Å². The van der Waals surface area contributed by atoms with Crippen molar-refractivity contribution in [2.75, 3.05) is 5.32 Å². The average Bonchev–Trinajstić information content (AvgIpc) is 2.81. The second kappa shape index (κ2) is 7.96. The zero-order chi connectivity index (χ0) is 18.6. The maximum Gasteiger partial charge on any atom is 0.307 e. The first-order valence-corrected chi connectivity index (χ1v) is 8.35. The van der Waals surface area contributed by atoms with Crippen molar-refractivity contribution in [1.29, 1.82) is 0 Å². The second-order valence-electron chi connectivity index (χ2n) is 6.31. The van der Waals surface area contributed by atoms with E-state index in [-0.39, 0.29) is 18.2 Å². The molecule has 0 fully saturated rings. The molecule has 0 bridgehead atoms. The number of hydrogen-bond donors (Lipinski definition) is 1. The summed E-state index contributed by atoms with van der Waals surface area (Å²) in [6.45, 7) is 7.22. The molecule has 0 aliphatic heterocycles. The molecule has 0 saturated carbocycles. The third-order valence-corrected chi connectivity index (χ3v) is 4.28. The lowest BCUT2D eigenvalue weighted by molar-refractivity contribution is -0.153. The van der Waals surface area contributed by atoms with Gasteiger partial charge in [-0.25, -0.2) is 0 Å². The molecule has 1 aromatic heterocycles. The number of carbonyl (C=O) groups is 2. The number of ether oxygens (including phenoxy) is 1. The van der Waals surface area contributed by atoms with Gasteiger partial charge in [-0.05, 0) is 32.3 Å². The molecule has 1 N–H and O–H groups in total. The fraction of sp³-hybridized carbons (Fsp3) is 0.421. The quantitative estimate of drug-likeness (QED) is 0.818. The monoisotopic (exact) mass is 343 g/mol. The summed E-state index contributed by atoms with van der Waals surface area (Å²) >= 11 is 0. The van der Waals surface area contributed by atoms with Gasteiger partial charge in [0.05, 0.1) is 23.5 Å². The summed E-state index contributed by atoms with van der Waals surface area (Å²) in [4.78, 5) is 24.4. The van der Waals surface area contributed by atoms with Crippen LogP contribution in [0.25, 0.3) is 0 Å². The Labute approximate surface area is 148 Å². The lowest BCUT2D eigenvalue weighted by Crippen LogP contribution is -2.30. The Morgan fingerprint density at radius 2 is 1.84 bits per heavy atom. The maximum absolute atomic E-state index is 12.3. The van der Waals surface area contributed by atoms with Crippen molar-refractivity contribution in [3.8, 4) is 0 Å². The number of benzene rings is 1. The smallest absolute Gasteiger partial charge is 0.307 e. The van der Waals surface area contributed by atoms with Gasteiger partial charge in [-0.2, -0.15) is 5.10 Å². The van der Waals surface area contributed by atoms with E-state index in [1.54, 1.807) is 11.6 Å². The largest absolute Gasteiger partial charge is 0.453 e. The molecule has 1 aromatic carbocycles. The Morgan fingerprint density at radius 3 is 2.40 bits per heavy atom. The summed E-state index contributed by atoms with van der Waals surface area (Å²) in [5.41, 5.74) is 3.30. The molecule has 0 aliphatic rings. The van der Waals surface area contributed by atoms with Crippen LogP contribution < -0.4 is 5.32 Å². The van der Waals surface area contributed by atoms with E-state index < -0.39 is 12.1 Å². The molecule has 0 radical (unpaired) electrons. The number of hydrogen-bond acceptors (Lipinski definition) is 4. The average molecular weight is 343 g/mol. The van der Waals surface area contributed by atoms with Crippen LogP contribution in [-0.4, -0.2) is 27.8 Å². The Bertz CT molecular complexity index is 753. The number of rotatable bonds is 6. The summed E-state index contributed by atoms with van der Waals surface area (Å²) in [7, 11) is 1.81. The van der Waals surface area contributed by atoms with Gasteiger partial charge in [0, 0.05) is 7.05 Å². The van der Waals surface area contributed by atoms with E-state index in [4.69, 9.17) is 4.74 Å². The van der Waals surface area contributed by atoms with Gasteiger partial charge < -0.3 is 10.1 Å². The zero-order valence-electron chi connectivity index (χ0n) is 15.4. The van der Waals surface area contributed by atoms with Gasteiger partial charge >= 0.3 is 5.97 Å². The Hall–Kier alpha value is -2.63. The van der Waals surface area contributed by atoms with Crippen LogP contribution in [0.3, 0.4) is 0 Å². The third kappa shape index (κ3) is 4.68. The number of carbonyl (C=O) groups excluding carboxylic acids is 2. The Balaban J connectivity index is 1.91. The van der Waals surface area contributed by atoms with Crippen LogP contribution in [-0.2, 0) is 21.4 Å². The van der Waals surface area contributed by atoms with E-state index in [0.29, 0.717) is 5.69 Å². The van der Waals surface area contributed by atoms with E-state index in [2.05, 4.69) is 10.4 Å². The highest BCUT2D eigenvalue weighted by Gasteiger charge is 2.22. The van der Waals surface area contributed by atoms with Crippen molar-refractivity contribution < 1.29 is 14.3 Å². The number of amides is 1. The predicted octanol–water partition coefficient (Wildman–Crippen LogP) is 3.10. The molecule has 2 aromatic rings. The van der Waals surface area contributed by atoms with Gasteiger partial charge in [-0.1, -0.05) is 37.3 Å². The van der Waals surface area contributed by atoms with Crippen LogP contribution >= 0.6 is 0 Å². The number of aryl methyl sites for hydroxylation is 2. The fourth-order valence-electron chi connectivity index (χ4n) is 2.63. The van der Waals surface area contributed by atoms with Gasteiger partial charge in [-0.3, -0.25) is 14.3 Å². The highest BCUT2D eigenvalue weighted by atomic mass is 16.5. The Morgan fingerprint density at radius 1 is 1.20 bits per heavy atom. The molecule has 1 amide bonds. The normalized spacial score (nSPS) is 13.2. The molecule has 6 nitrogen and oxygen atoms in total. The van der Waals surface area contributed by atoms with E-state index in [9.17, 15) is 9.59 Å². The standard InChI is InChI=1S/C19H25N3O3/c1-12(16-9-7-6-8-10-16)11-17(23)25-15(4)19(24)20-18-13(2)21-22(5)14(18)3/h6-10,12,15H,11H2,1-5H3,(H,20,24)/t12-,15+/m1/s1. The summed E-state index contributed by atoms with van der Waals surface area (Å²) in [6.07, 6.45) is -0.637. The van der Waals surface area contributed by atoms with Crippen LogP contribution in [0.1, 0.15) is 43.1 Å². The molecule has 25 heavy (non-hydrogen) atoms. The SMILES string of the molecule is Cc1nn(C)c(C)c1NC(=O)[C@H](C)OC(=O)C[C@@H](C)c1ccccc1. The molecule has 0 aliphatic carbocycles. The number of nitrogens with zero attached hydrogens (tertiary/aromatic N) is 2. The van der Waals surface area contributed by atoms with E-state index in [1.807, 2.05) is 58.2 Å². The van der Waals surface area contributed by atoms with E-state index in [0.717, 1.165) is 17.0 Å². The molecule has 0 unspecified atom stereocenters. The summed E-state index contributed by atoms with van der Waals surface area (Å²) < 4.78 is 6.98. The van der Waals surface area contributed by atoms with Crippen LogP contribution in [0.5, 0.6) is 0 Å². The lowest BCUT2D eigenvalue weighted by atomic mass is 9.98. The van der Waals surface area contributed by atoms with Gasteiger partial charge in [0.25, 0.3) is 5.91 Å². The minimum atomic E-state index is -0.866. The minimum Gasteiger partial charge on any atom is -0.453 e. The van der Waals surface area contributed by atoms with Crippen LogP contribution in [0.4, 0.5) is 5.69 Å². The van der Waals surface area contributed by atoms with Gasteiger partial charge in [-0.15, -0.1) is 0 Å². The van der Waals surface area contributed by atoms with Crippen LogP contribution in [0.15, 0.2) is 30.3 Å². The number of anilines is 1. The molecule has 134 valence electrons. The first-order chi connectivity index (χ1) is 11.8.